The maximum absolute atomic E-state index is 13.9. The van der Waals surface area contributed by atoms with E-state index in [1.807, 2.05) is 0 Å². The third kappa shape index (κ3) is 21.1. The first-order chi connectivity index (χ1) is 42.4. The van der Waals surface area contributed by atoms with Crippen LogP contribution in [-0.2, 0) is 61.8 Å². The van der Waals surface area contributed by atoms with E-state index in [4.69, 9.17) is 47.4 Å². The van der Waals surface area contributed by atoms with E-state index in [0.717, 1.165) is 53.4 Å². The van der Waals surface area contributed by atoms with E-state index in [1.54, 1.807) is 12.1 Å². The molecule has 506 valence electrons. The molecule has 0 aromatic heterocycles. The highest BCUT2D eigenvalue weighted by Gasteiger charge is 2.55. The van der Waals surface area contributed by atoms with E-state index in [-0.39, 0.29) is 5.56 Å². The quantitative estimate of drug-likeness (QED) is 0.0181. The van der Waals surface area contributed by atoms with Crippen LogP contribution >= 0.6 is 0 Å². The number of ether oxygens (including phenoxy) is 10. The van der Waals surface area contributed by atoms with Gasteiger partial charge in [0, 0.05) is 46.1 Å². The summed E-state index contributed by atoms with van der Waals surface area (Å²) in [5.74, 6) is 2.84. The van der Waals surface area contributed by atoms with Gasteiger partial charge in [0.2, 0.25) is 23.6 Å². The van der Waals surface area contributed by atoms with Gasteiger partial charge < -0.3 is 135 Å². The van der Waals surface area contributed by atoms with Crippen molar-refractivity contribution in [3.63, 3.8) is 0 Å². The fraction of sp³-hybridized carbons (Fsp3) is 0.772. The average Bonchev–Trinajstić information content (AvgIpc) is 2.62. The number of carbonyl (C=O) groups excluding carboxylic acids is 5. The van der Waals surface area contributed by atoms with Gasteiger partial charge in [-0.3, -0.25) is 24.0 Å². The Morgan fingerprint density at radius 2 is 1.08 bits per heavy atom. The molecule has 13 unspecified atom stereocenters. The lowest BCUT2D eigenvalue weighted by Gasteiger charge is -2.49. The standard InChI is InChI=1S/C57H91N5O27/c1-7-8-9-10-11-12-13-14-15-19-80-33-18-16-17-32(20-33)52(78)62-41-45(74)44(73)36(23-65)84-56(41)89-51-39(26-68)85-55(42(47(51)76)60-30(5)71)81-27(2)35(22-64)83-54(34(21-63)58-28(3)69)87-50-38(25-67)86-57(43(48(50)77)61-31(6)72)88-49-37(24-66)82-53(79)40(46(49)75)59-29(4)70/h16-18,20,27,34-51,53-57,63-68,73-77,79H,7-11,14-15,19,21-26H2,1-6H3,(H,58,69)(H,59,70)(H,60,71)(H,61,72)(H,62,78)/t27?,34-,35?,36?,37?,38-,39-,40-,41-,42?,43?,44+,45?,46+,47?,48?,49?,50+,51+,53?,54-,55+,56?,57?/m0/s1. The van der Waals surface area contributed by atoms with Crippen LogP contribution in [0.4, 0.5) is 0 Å². The van der Waals surface area contributed by atoms with Crippen molar-refractivity contribution >= 4 is 29.5 Å². The van der Waals surface area contributed by atoms with Crippen molar-refractivity contribution in [2.24, 2.45) is 0 Å². The van der Waals surface area contributed by atoms with E-state index in [9.17, 15) is 85.3 Å². The largest absolute Gasteiger partial charge is 0.494 e. The number of amides is 5. The second-order valence-electron chi connectivity index (χ2n) is 22.1. The number of carbonyl (C=O) groups is 5. The zero-order chi connectivity index (χ0) is 65.6. The van der Waals surface area contributed by atoms with Crippen molar-refractivity contribution in [1.29, 1.82) is 0 Å². The molecule has 4 aliphatic rings. The molecular weight excluding hydrogens is 1190 g/mol. The molecule has 17 N–H and O–H groups in total. The van der Waals surface area contributed by atoms with Crippen LogP contribution in [0.3, 0.4) is 0 Å². The highest BCUT2D eigenvalue weighted by molar-refractivity contribution is 5.94. The maximum Gasteiger partial charge on any atom is 0.251 e. The van der Waals surface area contributed by atoms with Crippen LogP contribution in [0.5, 0.6) is 5.75 Å². The number of unbranched alkanes of at least 4 members (excludes halogenated alkanes) is 5. The van der Waals surface area contributed by atoms with Crippen LogP contribution in [0.2, 0.25) is 0 Å². The van der Waals surface area contributed by atoms with Gasteiger partial charge in [0.1, 0.15) is 115 Å². The molecule has 1 aromatic carbocycles. The third-order valence-electron chi connectivity index (χ3n) is 15.1. The Labute approximate surface area is 514 Å². The normalized spacial score (nSPS) is 33.5. The van der Waals surface area contributed by atoms with Gasteiger partial charge in [0.05, 0.1) is 52.4 Å². The van der Waals surface area contributed by atoms with Crippen LogP contribution in [0.25, 0.3) is 0 Å². The monoisotopic (exact) mass is 1280 g/mol. The number of aliphatic hydroxyl groups excluding tert-OH is 12. The van der Waals surface area contributed by atoms with Gasteiger partial charge in [-0.25, -0.2) is 0 Å². The molecule has 0 saturated carbocycles. The average molecular weight is 1280 g/mol. The van der Waals surface area contributed by atoms with Gasteiger partial charge in [-0.15, -0.1) is 11.8 Å². The molecule has 0 radical (unpaired) electrons. The number of rotatable bonds is 32. The number of benzene rings is 1. The van der Waals surface area contributed by atoms with E-state index >= 15 is 0 Å². The van der Waals surface area contributed by atoms with Crippen LogP contribution < -0.4 is 31.3 Å². The first kappa shape index (κ1) is 74.8. The predicted octanol–water partition coefficient (Wildman–Crippen LogP) is -6.14. The molecule has 32 nitrogen and oxygen atoms in total. The van der Waals surface area contributed by atoms with Crippen LogP contribution in [-0.4, -0.2) is 284 Å². The van der Waals surface area contributed by atoms with E-state index < -0.39 is 216 Å². The minimum absolute atomic E-state index is 0.0533. The molecule has 0 spiro atoms. The molecule has 5 amide bonds. The summed E-state index contributed by atoms with van der Waals surface area (Å²) in [6.45, 7) is 2.42. The van der Waals surface area contributed by atoms with Crippen molar-refractivity contribution in [3.05, 3.63) is 29.8 Å². The van der Waals surface area contributed by atoms with Crippen molar-refractivity contribution in [1.82, 2.24) is 26.6 Å². The van der Waals surface area contributed by atoms with Gasteiger partial charge in [-0.05, 0) is 38.0 Å². The summed E-state index contributed by atoms with van der Waals surface area (Å²) in [5.41, 5.74) is 0.0533. The summed E-state index contributed by atoms with van der Waals surface area (Å²) in [5, 5.41) is 144. The number of hydrogen-bond acceptors (Lipinski definition) is 27. The van der Waals surface area contributed by atoms with Crippen molar-refractivity contribution < 1.29 is 133 Å². The molecule has 5 rings (SSSR count). The minimum atomic E-state index is -1.99. The van der Waals surface area contributed by atoms with E-state index in [0.29, 0.717) is 25.2 Å². The number of aliphatic hydroxyl groups is 12. The Balaban J connectivity index is 1.34. The fourth-order valence-corrected chi connectivity index (χ4v) is 10.5. The van der Waals surface area contributed by atoms with Gasteiger partial charge >= 0.3 is 0 Å². The lowest BCUT2D eigenvalue weighted by atomic mass is 9.94. The number of nitrogens with one attached hydrogen (secondary N) is 5. The molecule has 4 heterocycles. The van der Waals surface area contributed by atoms with Gasteiger partial charge in [0.25, 0.3) is 5.91 Å². The van der Waals surface area contributed by atoms with Crippen molar-refractivity contribution in [3.8, 4) is 17.6 Å². The molecular formula is C57H91N5O27. The van der Waals surface area contributed by atoms with E-state index in [1.165, 1.54) is 25.5 Å². The van der Waals surface area contributed by atoms with Gasteiger partial charge in [-0.2, -0.15) is 0 Å². The molecule has 4 aliphatic heterocycles. The Morgan fingerprint density at radius 1 is 0.562 bits per heavy atom. The molecule has 24 atom stereocenters. The van der Waals surface area contributed by atoms with Crippen molar-refractivity contribution in [2.45, 2.75) is 234 Å². The molecule has 4 saturated heterocycles. The summed E-state index contributed by atoms with van der Waals surface area (Å²) in [6.07, 6.45) is -26.6. The molecule has 4 fully saturated rings. The lowest BCUT2D eigenvalue weighted by molar-refractivity contribution is -0.350. The Kier molecular flexibility index (Phi) is 31.1. The minimum Gasteiger partial charge on any atom is -0.494 e. The van der Waals surface area contributed by atoms with E-state index in [2.05, 4.69) is 45.3 Å². The molecule has 89 heavy (non-hydrogen) atoms. The highest BCUT2D eigenvalue weighted by Crippen LogP contribution is 2.34. The van der Waals surface area contributed by atoms with Gasteiger partial charge in [0.15, 0.2) is 31.5 Å². The lowest BCUT2D eigenvalue weighted by Crippen LogP contribution is -2.70. The fourth-order valence-electron chi connectivity index (χ4n) is 10.5. The number of hydrogen-bond donors (Lipinski definition) is 17. The summed E-state index contributed by atoms with van der Waals surface area (Å²) < 4.78 is 59.9. The van der Waals surface area contributed by atoms with Crippen LogP contribution in [0, 0.1) is 11.8 Å². The summed E-state index contributed by atoms with van der Waals surface area (Å²) >= 11 is 0. The summed E-state index contributed by atoms with van der Waals surface area (Å²) in [7, 11) is 0. The smallest absolute Gasteiger partial charge is 0.251 e. The predicted molar refractivity (Wildman–Crippen MR) is 303 cm³/mol. The van der Waals surface area contributed by atoms with Crippen LogP contribution in [0.15, 0.2) is 24.3 Å². The van der Waals surface area contributed by atoms with Gasteiger partial charge in [-0.1, -0.05) is 32.3 Å². The van der Waals surface area contributed by atoms with Crippen molar-refractivity contribution in [2.75, 3.05) is 46.2 Å². The maximum atomic E-state index is 13.9. The first-order valence-corrected chi connectivity index (χ1v) is 29.7. The summed E-state index contributed by atoms with van der Waals surface area (Å²) in [6, 6.07) is -1.96. The third-order valence-corrected chi connectivity index (χ3v) is 15.1. The SMILES string of the molecule is CCCCCCC#CCCCOc1cccc(C(=O)N[C@@H]2C(O[C@H]3C(O)C(NC(C)=O)[C@H](OC(C)C(CO)O[C@@H](O[C@H]4C(O)C(NC(C)=O)C(OC5C(CO)OC(O)[C@@H](NC(C)=O)[C@H]5O)O[C@H]4CO)[C@H](CO)NC(C)=O)O[C@H]3CO)OC(CO)[C@@H](O)C2O)c1. The van der Waals surface area contributed by atoms with Crippen LogP contribution in [0.1, 0.15) is 96.8 Å². The Hall–Kier alpha value is -4.91. The molecule has 0 bridgehead atoms. The second kappa shape index (κ2) is 37.0. The molecule has 1 aromatic rings. The zero-order valence-corrected chi connectivity index (χ0v) is 50.6. The second-order valence-corrected chi connectivity index (χ2v) is 22.1. The highest BCUT2D eigenvalue weighted by atomic mass is 16.8. The Morgan fingerprint density at radius 3 is 1.64 bits per heavy atom. The first-order valence-electron chi connectivity index (χ1n) is 29.7. The Bertz CT molecular complexity index is 2430. The topological polar surface area (TPSA) is 481 Å². The molecule has 0 aliphatic carbocycles. The summed E-state index contributed by atoms with van der Waals surface area (Å²) in [4.78, 5) is 63.8. The zero-order valence-electron chi connectivity index (χ0n) is 50.6. The molecule has 32 heteroatoms.